The number of anilines is 1. The van der Waals surface area contributed by atoms with E-state index in [1.165, 1.54) is 19.3 Å². The van der Waals surface area contributed by atoms with Crippen LogP contribution in [0.4, 0.5) is 10.5 Å². The van der Waals surface area contributed by atoms with Crippen molar-refractivity contribution >= 4 is 41.2 Å². The number of hydrogen-bond donors (Lipinski definition) is 1. The Labute approximate surface area is 180 Å². The first kappa shape index (κ1) is 20.4. The monoisotopic (exact) mass is 425 g/mol. The number of nitrogens with zero attached hydrogens (tertiary/aromatic N) is 2. The molecule has 0 bridgehead atoms. The first-order chi connectivity index (χ1) is 14.4. The number of urea groups is 1. The number of rotatable bonds is 3. The van der Waals surface area contributed by atoms with Crippen molar-refractivity contribution < 1.29 is 14.4 Å². The van der Waals surface area contributed by atoms with Crippen molar-refractivity contribution in [3.63, 3.8) is 0 Å². The van der Waals surface area contributed by atoms with E-state index in [-0.39, 0.29) is 5.57 Å². The highest BCUT2D eigenvalue weighted by Gasteiger charge is 2.37. The predicted octanol–water partition coefficient (Wildman–Crippen LogP) is 4.93. The zero-order valence-corrected chi connectivity index (χ0v) is 17.8. The number of carbonyl (C=O) groups is 3. The molecule has 7 heteroatoms. The van der Waals surface area contributed by atoms with Crippen LogP contribution < -0.4 is 10.2 Å². The van der Waals surface area contributed by atoms with Crippen LogP contribution in [0, 0.1) is 13.8 Å². The predicted molar refractivity (Wildman–Crippen MR) is 116 cm³/mol. The van der Waals surface area contributed by atoms with Gasteiger partial charge in [0.25, 0.3) is 11.8 Å². The van der Waals surface area contributed by atoms with E-state index in [4.69, 9.17) is 11.6 Å². The van der Waals surface area contributed by atoms with Gasteiger partial charge in [-0.15, -0.1) is 0 Å². The van der Waals surface area contributed by atoms with Crippen molar-refractivity contribution in [2.45, 2.75) is 52.0 Å². The van der Waals surface area contributed by atoms with Crippen LogP contribution in [0.3, 0.4) is 0 Å². The summed E-state index contributed by atoms with van der Waals surface area (Å²) in [5.74, 6) is -1.33. The van der Waals surface area contributed by atoms with E-state index >= 15 is 0 Å². The number of halogens is 1. The summed E-state index contributed by atoms with van der Waals surface area (Å²) in [5.41, 5.74) is 3.26. The van der Waals surface area contributed by atoms with Gasteiger partial charge in [0.15, 0.2) is 0 Å². The maximum Gasteiger partial charge on any atom is 0.335 e. The van der Waals surface area contributed by atoms with Gasteiger partial charge in [-0.2, -0.15) is 0 Å². The molecule has 156 valence electrons. The molecule has 2 fully saturated rings. The van der Waals surface area contributed by atoms with Gasteiger partial charge in [-0.3, -0.25) is 14.9 Å². The molecule has 1 N–H and O–H groups in total. The molecule has 2 heterocycles. The van der Waals surface area contributed by atoms with Crippen LogP contribution >= 0.6 is 11.6 Å². The summed E-state index contributed by atoms with van der Waals surface area (Å²) in [7, 11) is 0. The molecule has 0 spiro atoms. The van der Waals surface area contributed by atoms with Gasteiger partial charge >= 0.3 is 6.03 Å². The Morgan fingerprint density at radius 1 is 1.03 bits per heavy atom. The molecular weight excluding hydrogens is 402 g/mol. The summed E-state index contributed by atoms with van der Waals surface area (Å²) in [6.45, 7) is 4.07. The number of carbonyl (C=O) groups excluding carboxylic acids is 3. The zero-order chi connectivity index (χ0) is 21.4. The van der Waals surface area contributed by atoms with Gasteiger partial charge in [0, 0.05) is 22.5 Å². The Morgan fingerprint density at radius 3 is 2.37 bits per heavy atom. The fourth-order valence-electron chi connectivity index (χ4n) is 4.49. The number of amides is 4. The van der Waals surface area contributed by atoms with E-state index < -0.39 is 17.8 Å². The van der Waals surface area contributed by atoms with E-state index in [1.54, 1.807) is 30.3 Å². The third-order valence-electron chi connectivity index (χ3n) is 5.95. The van der Waals surface area contributed by atoms with Gasteiger partial charge in [0.1, 0.15) is 5.57 Å². The maximum absolute atomic E-state index is 13.1. The second-order valence-electron chi connectivity index (χ2n) is 7.92. The van der Waals surface area contributed by atoms with Crippen molar-refractivity contribution in [3.05, 3.63) is 57.9 Å². The van der Waals surface area contributed by atoms with Gasteiger partial charge < -0.3 is 4.57 Å². The first-order valence-electron chi connectivity index (χ1n) is 10.2. The minimum atomic E-state index is -0.767. The van der Waals surface area contributed by atoms with Crippen molar-refractivity contribution in [3.8, 4) is 0 Å². The quantitative estimate of drug-likeness (QED) is 0.559. The average Bonchev–Trinajstić information content (AvgIpc) is 3.00. The molecule has 4 amide bonds. The van der Waals surface area contributed by atoms with Gasteiger partial charge in [-0.1, -0.05) is 30.9 Å². The fraction of sp³-hybridized carbons (Fsp3) is 0.348. The van der Waals surface area contributed by atoms with Gasteiger partial charge in [0.05, 0.1) is 5.69 Å². The van der Waals surface area contributed by atoms with E-state index in [0.29, 0.717) is 16.8 Å². The lowest BCUT2D eigenvalue weighted by Gasteiger charge is -2.27. The lowest BCUT2D eigenvalue weighted by Crippen LogP contribution is -2.54. The molecule has 0 unspecified atom stereocenters. The molecule has 1 aromatic carbocycles. The Morgan fingerprint density at radius 2 is 1.70 bits per heavy atom. The van der Waals surface area contributed by atoms with Crippen molar-refractivity contribution in [2.75, 3.05) is 4.90 Å². The molecule has 1 aliphatic carbocycles. The van der Waals surface area contributed by atoms with E-state index in [2.05, 4.69) is 16.8 Å². The number of aryl methyl sites for hydroxylation is 1. The Balaban J connectivity index is 1.70. The third kappa shape index (κ3) is 3.67. The second-order valence-corrected chi connectivity index (χ2v) is 8.36. The summed E-state index contributed by atoms with van der Waals surface area (Å²) in [6.07, 6.45) is 7.59. The molecule has 2 aliphatic rings. The number of aromatic nitrogens is 1. The largest absolute Gasteiger partial charge is 0.346 e. The molecule has 1 saturated carbocycles. The Kier molecular flexibility index (Phi) is 5.52. The molecular formula is C23H24ClN3O3. The van der Waals surface area contributed by atoms with Crippen LogP contribution in [0.2, 0.25) is 5.02 Å². The number of imide groups is 2. The third-order valence-corrected chi connectivity index (χ3v) is 6.20. The fourth-order valence-corrected chi connectivity index (χ4v) is 4.61. The number of nitrogens with one attached hydrogen (secondary N) is 1. The van der Waals surface area contributed by atoms with Gasteiger partial charge in [-0.05, 0) is 68.7 Å². The van der Waals surface area contributed by atoms with E-state index in [1.807, 2.05) is 13.0 Å². The van der Waals surface area contributed by atoms with Crippen molar-refractivity contribution in [1.82, 2.24) is 9.88 Å². The normalized spacial score (nSPS) is 19.5. The summed E-state index contributed by atoms with van der Waals surface area (Å²) < 4.78 is 2.32. The topological polar surface area (TPSA) is 71.4 Å². The smallest absolute Gasteiger partial charge is 0.335 e. The second kappa shape index (κ2) is 8.11. The molecule has 2 aromatic rings. The SMILES string of the molecule is Cc1cc(C=C2C(=O)NC(=O)N(c3ccc(Cl)cc3)C2=O)c(C)n1C1CCCCC1. The average molecular weight is 426 g/mol. The highest BCUT2D eigenvalue weighted by molar-refractivity contribution is 6.39. The lowest BCUT2D eigenvalue weighted by atomic mass is 9.95. The van der Waals surface area contributed by atoms with E-state index in [9.17, 15) is 14.4 Å². The van der Waals surface area contributed by atoms with Crippen LogP contribution in [0.25, 0.3) is 6.08 Å². The molecule has 30 heavy (non-hydrogen) atoms. The molecule has 1 aromatic heterocycles. The standard InChI is InChI=1S/C23H24ClN3O3/c1-14-12-16(15(2)26(14)18-6-4-3-5-7-18)13-20-21(28)25-23(30)27(22(20)29)19-10-8-17(24)9-11-19/h8-13,18H,3-7H2,1-2H3,(H,25,28,30). The number of barbiturate groups is 1. The maximum atomic E-state index is 13.1. The van der Waals surface area contributed by atoms with Crippen LogP contribution in [-0.2, 0) is 9.59 Å². The zero-order valence-electron chi connectivity index (χ0n) is 17.1. The molecule has 6 nitrogen and oxygen atoms in total. The lowest BCUT2D eigenvalue weighted by molar-refractivity contribution is -0.122. The van der Waals surface area contributed by atoms with E-state index in [0.717, 1.165) is 34.7 Å². The molecule has 4 rings (SSSR count). The molecule has 1 aliphatic heterocycles. The summed E-state index contributed by atoms with van der Waals surface area (Å²) in [6, 6.07) is 8.01. The summed E-state index contributed by atoms with van der Waals surface area (Å²) in [4.78, 5) is 38.9. The first-order valence-corrected chi connectivity index (χ1v) is 10.6. The van der Waals surface area contributed by atoms with Crippen molar-refractivity contribution in [1.29, 1.82) is 0 Å². The molecule has 1 saturated heterocycles. The summed E-state index contributed by atoms with van der Waals surface area (Å²) in [5, 5.41) is 2.76. The van der Waals surface area contributed by atoms with Crippen LogP contribution in [0.5, 0.6) is 0 Å². The Bertz CT molecular complexity index is 1050. The van der Waals surface area contributed by atoms with Crippen LogP contribution in [-0.4, -0.2) is 22.4 Å². The minimum absolute atomic E-state index is 0.0616. The highest BCUT2D eigenvalue weighted by Crippen LogP contribution is 2.33. The number of benzene rings is 1. The minimum Gasteiger partial charge on any atom is -0.346 e. The highest BCUT2D eigenvalue weighted by atomic mass is 35.5. The number of hydrogen-bond acceptors (Lipinski definition) is 3. The van der Waals surface area contributed by atoms with Crippen LogP contribution in [0.15, 0.2) is 35.9 Å². The molecule has 0 atom stereocenters. The van der Waals surface area contributed by atoms with Crippen LogP contribution in [0.1, 0.15) is 55.1 Å². The Hall–Kier alpha value is -2.86. The molecule has 0 radical (unpaired) electrons. The van der Waals surface area contributed by atoms with Gasteiger partial charge in [0.2, 0.25) is 0 Å². The summed E-state index contributed by atoms with van der Waals surface area (Å²) >= 11 is 5.91. The van der Waals surface area contributed by atoms with Gasteiger partial charge in [-0.25, -0.2) is 9.69 Å². The van der Waals surface area contributed by atoms with Crippen molar-refractivity contribution in [2.24, 2.45) is 0 Å².